The minimum absolute atomic E-state index is 0.477. The number of carbonyl (C=O) groups excluding carboxylic acids is 1. The van der Waals surface area contributed by atoms with Crippen LogP contribution in [-0.4, -0.2) is 26.0 Å². The van der Waals surface area contributed by atoms with Gasteiger partial charge >= 0.3 is 0 Å². The molecule has 0 saturated carbocycles. The van der Waals surface area contributed by atoms with E-state index in [2.05, 4.69) is 4.74 Å². The maximum absolute atomic E-state index is 9.71. The van der Waals surface area contributed by atoms with Gasteiger partial charge < -0.3 is 10.5 Å². The van der Waals surface area contributed by atoms with Crippen molar-refractivity contribution in [3.63, 3.8) is 0 Å². The van der Waals surface area contributed by atoms with E-state index in [4.69, 9.17) is 5.73 Å². The van der Waals surface area contributed by atoms with Gasteiger partial charge in [0.05, 0.1) is 6.04 Å². The molecule has 0 aromatic rings. The van der Waals surface area contributed by atoms with E-state index in [0.29, 0.717) is 13.0 Å². The van der Waals surface area contributed by atoms with Gasteiger partial charge in [0.1, 0.15) is 0 Å². The van der Waals surface area contributed by atoms with Gasteiger partial charge in [0.25, 0.3) is 0 Å². The summed E-state index contributed by atoms with van der Waals surface area (Å²) in [6.45, 7) is 0.524. The normalized spacial score (nSPS) is 13.2. The molecule has 0 amide bonds. The van der Waals surface area contributed by atoms with Gasteiger partial charge in [-0.25, -0.2) is 0 Å². The zero-order chi connectivity index (χ0) is 6.41. The first-order chi connectivity index (χ1) is 3.81. The molecule has 0 heterocycles. The number of hydrogen-bond donors (Lipinski definition) is 1. The van der Waals surface area contributed by atoms with Crippen molar-refractivity contribution < 1.29 is 9.53 Å². The Kier molecular flexibility index (Phi) is 4.50. The van der Waals surface area contributed by atoms with Gasteiger partial charge in [-0.05, 0) is 6.42 Å². The highest BCUT2D eigenvalue weighted by Crippen LogP contribution is 1.82. The SMILES string of the molecule is COCC[C@H](N)[C]=O. The number of nitrogens with two attached hydrogens (primary N) is 1. The molecule has 3 nitrogen and oxygen atoms in total. The zero-order valence-corrected chi connectivity index (χ0v) is 4.89. The van der Waals surface area contributed by atoms with Crippen LogP contribution in [0, 0.1) is 0 Å². The third-order valence-electron chi connectivity index (χ3n) is 0.784. The van der Waals surface area contributed by atoms with Crippen LogP contribution in [0.3, 0.4) is 0 Å². The second kappa shape index (κ2) is 4.74. The summed E-state index contributed by atoms with van der Waals surface area (Å²) in [6.07, 6.45) is 2.20. The van der Waals surface area contributed by atoms with E-state index in [0.717, 1.165) is 0 Å². The van der Waals surface area contributed by atoms with E-state index in [1.807, 2.05) is 0 Å². The average Bonchev–Trinajstić information content (AvgIpc) is 1.83. The van der Waals surface area contributed by atoms with Crippen LogP contribution in [0.1, 0.15) is 6.42 Å². The van der Waals surface area contributed by atoms with Crippen molar-refractivity contribution in [2.24, 2.45) is 5.73 Å². The van der Waals surface area contributed by atoms with Crippen LogP contribution in [0.25, 0.3) is 0 Å². The van der Waals surface area contributed by atoms with Crippen LogP contribution in [-0.2, 0) is 9.53 Å². The van der Waals surface area contributed by atoms with Crippen LogP contribution >= 0.6 is 0 Å². The molecular formula is C5H10NO2. The molecule has 3 heteroatoms. The minimum Gasteiger partial charge on any atom is -0.385 e. The third-order valence-corrected chi connectivity index (χ3v) is 0.784. The van der Waals surface area contributed by atoms with Gasteiger partial charge in [0.15, 0.2) is 0 Å². The Bertz CT molecular complexity index is 65.4. The Morgan fingerprint density at radius 3 is 2.88 bits per heavy atom. The van der Waals surface area contributed by atoms with Gasteiger partial charge in [0.2, 0.25) is 6.29 Å². The minimum atomic E-state index is -0.477. The molecule has 1 atom stereocenters. The van der Waals surface area contributed by atoms with Gasteiger partial charge in [-0.3, -0.25) is 4.79 Å². The Morgan fingerprint density at radius 2 is 2.50 bits per heavy atom. The van der Waals surface area contributed by atoms with E-state index in [1.54, 1.807) is 13.4 Å². The van der Waals surface area contributed by atoms with Crippen molar-refractivity contribution in [1.82, 2.24) is 0 Å². The second-order valence-corrected chi connectivity index (χ2v) is 1.51. The molecule has 0 unspecified atom stereocenters. The Balaban J connectivity index is 2.98. The fourth-order valence-corrected chi connectivity index (χ4v) is 0.304. The summed E-state index contributed by atoms with van der Waals surface area (Å²) >= 11 is 0. The number of hydrogen-bond acceptors (Lipinski definition) is 3. The number of ether oxygens (including phenoxy) is 1. The smallest absolute Gasteiger partial charge is 0.216 e. The predicted molar refractivity (Wildman–Crippen MR) is 30.2 cm³/mol. The molecule has 1 radical (unpaired) electrons. The van der Waals surface area contributed by atoms with Crippen LogP contribution in [0.4, 0.5) is 0 Å². The van der Waals surface area contributed by atoms with Crippen LogP contribution < -0.4 is 5.73 Å². The van der Waals surface area contributed by atoms with Crippen molar-refractivity contribution in [3.05, 3.63) is 0 Å². The van der Waals surface area contributed by atoms with Gasteiger partial charge in [0, 0.05) is 13.7 Å². The summed E-state index contributed by atoms with van der Waals surface area (Å²) < 4.78 is 4.66. The lowest BCUT2D eigenvalue weighted by molar-refractivity contribution is 0.193. The summed E-state index contributed by atoms with van der Waals surface area (Å²) in [5.41, 5.74) is 5.16. The summed E-state index contributed by atoms with van der Waals surface area (Å²) in [5, 5.41) is 0. The summed E-state index contributed by atoms with van der Waals surface area (Å²) in [5.74, 6) is 0. The maximum atomic E-state index is 9.71. The van der Waals surface area contributed by atoms with E-state index < -0.39 is 6.04 Å². The molecule has 0 bridgehead atoms. The molecular weight excluding hydrogens is 106 g/mol. The summed E-state index contributed by atoms with van der Waals surface area (Å²) in [4.78, 5) is 9.71. The lowest BCUT2D eigenvalue weighted by Crippen LogP contribution is -2.22. The molecule has 0 spiro atoms. The molecule has 8 heavy (non-hydrogen) atoms. The van der Waals surface area contributed by atoms with Crippen molar-refractivity contribution >= 4 is 6.29 Å². The molecule has 0 fully saturated rings. The fourth-order valence-electron chi connectivity index (χ4n) is 0.304. The topological polar surface area (TPSA) is 52.3 Å². The Hall–Kier alpha value is -0.410. The van der Waals surface area contributed by atoms with E-state index in [-0.39, 0.29) is 0 Å². The molecule has 0 aliphatic rings. The second-order valence-electron chi connectivity index (χ2n) is 1.51. The van der Waals surface area contributed by atoms with Crippen LogP contribution in [0.15, 0.2) is 0 Å². The highest BCUT2D eigenvalue weighted by atomic mass is 16.5. The van der Waals surface area contributed by atoms with Crippen molar-refractivity contribution in [1.29, 1.82) is 0 Å². The maximum Gasteiger partial charge on any atom is 0.216 e. The lowest BCUT2D eigenvalue weighted by Gasteiger charge is -1.98. The highest BCUT2D eigenvalue weighted by molar-refractivity contribution is 5.57. The zero-order valence-electron chi connectivity index (χ0n) is 4.89. The average molecular weight is 116 g/mol. The molecule has 0 aliphatic heterocycles. The molecule has 0 aliphatic carbocycles. The monoisotopic (exact) mass is 116 g/mol. The van der Waals surface area contributed by atoms with Crippen LogP contribution in [0.2, 0.25) is 0 Å². The number of methoxy groups -OCH3 is 1. The lowest BCUT2D eigenvalue weighted by atomic mass is 10.3. The molecule has 0 aromatic carbocycles. The van der Waals surface area contributed by atoms with E-state index in [1.165, 1.54) is 0 Å². The van der Waals surface area contributed by atoms with Crippen molar-refractivity contribution in [2.45, 2.75) is 12.5 Å². The molecule has 0 rings (SSSR count). The van der Waals surface area contributed by atoms with E-state index in [9.17, 15) is 4.79 Å². The van der Waals surface area contributed by atoms with Gasteiger partial charge in [-0.1, -0.05) is 0 Å². The summed E-state index contributed by atoms with van der Waals surface area (Å²) in [6, 6.07) is -0.477. The van der Waals surface area contributed by atoms with Crippen LogP contribution in [0.5, 0.6) is 0 Å². The first kappa shape index (κ1) is 7.59. The van der Waals surface area contributed by atoms with Crippen molar-refractivity contribution in [3.8, 4) is 0 Å². The third kappa shape index (κ3) is 3.77. The molecule has 2 N–H and O–H groups in total. The molecule has 47 valence electrons. The van der Waals surface area contributed by atoms with E-state index >= 15 is 0 Å². The molecule has 0 saturated heterocycles. The fraction of sp³-hybridized carbons (Fsp3) is 0.800. The van der Waals surface area contributed by atoms with Gasteiger partial charge in [-0.15, -0.1) is 0 Å². The highest BCUT2D eigenvalue weighted by Gasteiger charge is 1.97. The largest absolute Gasteiger partial charge is 0.385 e. The Morgan fingerprint density at radius 1 is 1.88 bits per heavy atom. The van der Waals surface area contributed by atoms with Gasteiger partial charge in [-0.2, -0.15) is 0 Å². The molecule has 0 aromatic heterocycles. The first-order valence-corrected chi connectivity index (χ1v) is 2.43. The quantitative estimate of drug-likeness (QED) is 0.536. The standard InChI is InChI=1S/C5H10NO2/c1-8-3-2-5(6)4-7/h5H,2-3,6H2,1H3/t5-/m0/s1. The van der Waals surface area contributed by atoms with Crippen molar-refractivity contribution in [2.75, 3.05) is 13.7 Å². The first-order valence-electron chi connectivity index (χ1n) is 2.43. The number of rotatable bonds is 4. The Labute approximate surface area is 48.8 Å². The predicted octanol–water partition coefficient (Wildman–Crippen LogP) is -0.540. The summed E-state index contributed by atoms with van der Waals surface area (Å²) in [7, 11) is 1.57.